The van der Waals surface area contributed by atoms with Gasteiger partial charge < -0.3 is 13.9 Å². The summed E-state index contributed by atoms with van der Waals surface area (Å²) < 4.78 is 10.8. The summed E-state index contributed by atoms with van der Waals surface area (Å²) in [4.78, 5) is 11.8. The molecule has 27 heavy (non-hydrogen) atoms. The van der Waals surface area contributed by atoms with Gasteiger partial charge in [-0.3, -0.25) is 0 Å². The second kappa shape index (κ2) is 7.26. The van der Waals surface area contributed by atoms with Gasteiger partial charge in [0.25, 0.3) is 5.22 Å². The average molecular weight is 421 g/mol. The second-order valence-electron chi connectivity index (χ2n) is 5.56. The van der Waals surface area contributed by atoms with Crippen LogP contribution in [-0.4, -0.2) is 15.3 Å². The number of halogens is 2. The first-order valence-corrected chi connectivity index (χ1v) is 9.41. The molecule has 0 aliphatic rings. The minimum absolute atomic E-state index is 0.151. The number of hydrogen-bond acceptors (Lipinski definition) is 7. The van der Waals surface area contributed by atoms with Crippen LogP contribution in [0.25, 0.3) is 22.4 Å². The standard InChI is InChI=1S/C18H10Cl2N2O4S/c19-11-3-1-9(2-4-11)17-21-22-18(26-17)27-8-10-5-16(24)25-15-7-14(23)13(20)6-12(10)15/h1-7,23H,8H2. The van der Waals surface area contributed by atoms with E-state index in [1.807, 2.05) is 0 Å². The molecule has 136 valence electrons. The van der Waals surface area contributed by atoms with E-state index >= 15 is 0 Å². The topological polar surface area (TPSA) is 89.4 Å². The Balaban J connectivity index is 1.60. The van der Waals surface area contributed by atoms with Crippen LogP contribution >= 0.6 is 35.0 Å². The molecule has 0 aliphatic heterocycles. The van der Waals surface area contributed by atoms with Crippen molar-refractivity contribution in [1.29, 1.82) is 0 Å². The minimum Gasteiger partial charge on any atom is -0.506 e. The smallest absolute Gasteiger partial charge is 0.336 e. The summed E-state index contributed by atoms with van der Waals surface area (Å²) in [6, 6.07) is 11.3. The Kier molecular flexibility index (Phi) is 4.82. The highest BCUT2D eigenvalue weighted by molar-refractivity contribution is 7.98. The van der Waals surface area contributed by atoms with Gasteiger partial charge in [0, 0.05) is 33.9 Å². The summed E-state index contributed by atoms with van der Waals surface area (Å²) in [6.07, 6.45) is 0. The summed E-state index contributed by atoms with van der Waals surface area (Å²) in [7, 11) is 0. The van der Waals surface area contributed by atoms with Crippen LogP contribution in [0.2, 0.25) is 10.0 Å². The van der Waals surface area contributed by atoms with E-state index in [-0.39, 0.29) is 16.4 Å². The lowest BCUT2D eigenvalue weighted by Crippen LogP contribution is -2.00. The molecule has 0 spiro atoms. The summed E-state index contributed by atoms with van der Waals surface area (Å²) in [6.45, 7) is 0. The third-order valence-corrected chi connectivity index (χ3v) is 5.17. The monoisotopic (exact) mass is 420 g/mol. The van der Waals surface area contributed by atoms with Crippen LogP contribution < -0.4 is 5.63 Å². The molecule has 0 saturated carbocycles. The van der Waals surface area contributed by atoms with Gasteiger partial charge in [0.05, 0.1) is 5.02 Å². The van der Waals surface area contributed by atoms with Crippen molar-refractivity contribution in [3.8, 4) is 17.2 Å². The predicted octanol–water partition coefficient (Wildman–Crippen LogP) is 5.15. The molecule has 4 aromatic rings. The van der Waals surface area contributed by atoms with Crippen molar-refractivity contribution in [2.45, 2.75) is 11.0 Å². The summed E-state index contributed by atoms with van der Waals surface area (Å²) >= 11 is 13.1. The van der Waals surface area contributed by atoms with Gasteiger partial charge in [0.15, 0.2) is 0 Å². The number of aromatic hydroxyl groups is 1. The lowest BCUT2D eigenvalue weighted by atomic mass is 10.1. The van der Waals surface area contributed by atoms with Crippen molar-refractivity contribution in [2.24, 2.45) is 0 Å². The van der Waals surface area contributed by atoms with Gasteiger partial charge in [-0.05, 0) is 35.9 Å². The normalized spacial score (nSPS) is 11.2. The summed E-state index contributed by atoms with van der Waals surface area (Å²) in [5.41, 5.74) is 1.17. The first-order valence-electron chi connectivity index (χ1n) is 7.67. The Morgan fingerprint density at radius 1 is 1.04 bits per heavy atom. The van der Waals surface area contributed by atoms with Crippen LogP contribution in [0, 0.1) is 0 Å². The van der Waals surface area contributed by atoms with Gasteiger partial charge in [-0.1, -0.05) is 35.0 Å². The van der Waals surface area contributed by atoms with Crippen molar-refractivity contribution in [1.82, 2.24) is 10.2 Å². The number of fused-ring (bicyclic) bond motifs is 1. The summed E-state index contributed by atoms with van der Waals surface area (Å²) in [5, 5.41) is 19.5. The quantitative estimate of drug-likeness (QED) is 0.360. The average Bonchev–Trinajstić information content (AvgIpc) is 3.11. The van der Waals surface area contributed by atoms with E-state index in [4.69, 9.17) is 32.0 Å². The highest BCUT2D eigenvalue weighted by Crippen LogP contribution is 2.33. The van der Waals surface area contributed by atoms with Gasteiger partial charge in [0.2, 0.25) is 5.89 Å². The number of hydrogen-bond donors (Lipinski definition) is 1. The highest BCUT2D eigenvalue weighted by Gasteiger charge is 2.13. The lowest BCUT2D eigenvalue weighted by Gasteiger charge is -2.05. The van der Waals surface area contributed by atoms with Gasteiger partial charge in [0.1, 0.15) is 11.3 Å². The molecule has 2 heterocycles. The Morgan fingerprint density at radius 3 is 2.59 bits per heavy atom. The molecule has 0 unspecified atom stereocenters. The Hall–Kier alpha value is -2.48. The molecule has 0 fully saturated rings. The maximum Gasteiger partial charge on any atom is 0.336 e. The number of phenolic OH excluding ortho intramolecular Hbond substituents is 1. The first-order chi connectivity index (χ1) is 13.0. The number of aromatic nitrogens is 2. The molecule has 0 atom stereocenters. The van der Waals surface area contributed by atoms with Crippen LogP contribution in [0.1, 0.15) is 5.56 Å². The first kappa shape index (κ1) is 17.9. The summed E-state index contributed by atoms with van der Waals surface area (Å²) in [5.74, 6) is 0.604. The van der Waals surface area contributed by atoms with E-state index < -0.39 is 5.63 Å². The fourth-order valence-corrected chi connectivity index (χ4v) is 3.52. The molecule has 0 saturated heterocycles. The van der Waals surface area contributed by atoms with Crippen molar-refractivity contribution < 1.29 is 13.9 Å². The van der Waals surface area contributed by atoms with Crippen LogP contribution in [0.15, 0.2) is 61.3 Å². The Labute approximate surface area is 166 Å². The van der Waals surface area contributed by atoms with E-state index in [9.17, 15) is 9.90 Å². The fraction of sp³-hybridized carbons (Fsp3) is 0.0556. The van der Waals surface area contributed by atoms with E-state index in [0.717, 1.165) is 5.56 Å². The number of phenols is 1. The van der Waals surface area contributed by atoms with Crippen LogP contribution in [0.3, 0.4) is 0 Å². The Morgan fingerprint density at radius 2 is 1.81 bits per heavy atom. The zero-order chi connectivity index (χ0) is 19.0. The van der Waals surface area contributed by atoms with E-state index in [1.165, 1.54) is 23.9 Å². The highest BCUT2D eigenvalue weighted by atomic mass is 35.5. The van der Waals surface area contributed by atoms with E-state index in [2.05, 4.69) is 10.2 Å². The molecule has 0 amide bonds. The van der Waals surface area contributed by atoms with Crippen LogP contribution in [0.4, 0.5) is 0 Å². The van der Waals surface area contributed by atoms with Crippen molar-refractivity contribution in [3.05, 3.63) is 68.5 Å². The zero-order valence-corrected chi connectivity index (χ0v) is 15.8. The number of nitrogens with zero attached hydrogens (tertiary/aromatic N) is 2. The number of rotatable bonds is 4. The second-order valence-corrected chi connectivity index (χ2v) is 7.33. The molecule has 0 aliphatic carbocycles. The largest absolute Gasteiger partial charge is 0.506 e. The van der Waals surface area contributed by atoms with Crippen LogP contribution in [-0.2, 0) is 5.75 Å². The number of thioether (sulfide) groups is 1. The zero-order valence-electron chi connectivity index (χ0n) is 13.5. The molecule has 1 N–H and O–H groups in total. The van der Waals surface area contributed by atoms with Gasteiger partial charge in [-0.25, -0.2) is 4.79 Å². The SMILES string of the molecule is O=c1cc(CSc2nnc(-c3ccc(Cl)cc3)o2)c2cc(Cl)c(O)cc2o1. The molecular weight excluding hydrogens is 411 g/mol. The molecule has 9 heteroatoms. The third kappa shape index (κ3) is 3.80. The van der Waals surface area contributed by atoms with Crippen molar-refractivity contribution in [3.63, 3.8) is 0 Å². The molecule has 4 rings (SSSR count). The van der Waals surface area contributed by atoms with E-state index in [1.54, 1.807) is 30.3 Å². The number of benzene rings is 2. The predicted molar refractivity (Wildman–Crippen MR) is 103 cm³/mol. The van der Waals surface area contributed by atoms with Gasteiger partial charge in [-0.15, -0.1) is 10.2 Å². The molecule has 6 nitrogen and oxygen atoms in total. The molecule has 2 aromatic carbocycles. The molecule has 2 aromatic heterocycles. The van der Waals surface area contributed by atoms with Gasteiger partial charge in [-0.2, -0.15) is 0 Å². The maximum absolute atomic E-state index is 11.8. The van der Waals surface area contributed by atoms with Crippen molar-refractivity contribution in [2.75, 3.05) is 0 Å². The van der Waals surface area contributed by atoms with Gasteiger partial charge >= 0.3 is 5.63 Å². The Bertz CT molecular complexity index is 1190. The molecule has 0 radical (unpaired) electrons. The fourth-order valence-electron chi connectivity index (χ4n) is 2.47. The minimum atomic E-state index is -0.521. The molecule has 0 bridgehead atoms. The van der Waals surface area contributed by atoms with Crippen molar-refractivity contribution >= 4 is 45.9 Å². The lowest BCUT2D eigenvalue weighted by molar-refractivity contribution is 0.465. The third-order valence-electron chi connectivity index (χ3n) is 3.75. The van der Waals surface area contributed by atoms with Crippen LogP contribution in [0.5, 0.6) is 5.75 Å². The maximum atomic E-state index is 11.8. The van der Waals surface area contributed by atoms with E-state index in [0.29, 0.717) is 32.8 Å². The molecular formula is C18H10Cl2N2O4S.